The van der Waals surface area contributed by atoms with Gasteiger partial charge in [-0.3, -0.25) is 9.59 Å². The van der Waals surface area contributed by atoms with Crippen molar-refractivity contribution in [2.24, 2.45) is 0 Å². The summed E-state index contributed by atoms with van der Waals surface area (Å²) in [6.45, 7) is 3.13. The summed E-state index contributed by atoms with van der Waals surface area (Å²) in [6.07, 6.45) is 1.80. The molecule has 2 heterocycles. The smallest absolute Gasteiger partial charge is 0.280 e. The Hall–Kier alpha value is -2.92. The molecule has 8 nitrogen and oxygen atoms in total. The van der Waals surface area contributed by atoms with Gasteiger partial charge in [0, 0.05) is 31.9 Å². The van der Waals surface area contributed by atoms with Gasteiger partial charge in [0.05, 0.1) is 12.0 Å². The third kappa shape index (κ3) is 5.76. The summed E-state index contributed by atoms with van der Waals surface area (Å²) < 4.78 is 11.6. The number of likely N-dealkylation sites (N-methyl/N-ethyl adjacent to an activating group) is 1. The number of methoxy groups -OCH3 is 1. The minimum Gasteiger partial charge on any atom is -0.493 e. The van der Waals surface area contributed by atoms with Crippen molar-refractivity contribution in [2.45, 2.75) is 0 Å². The summed E-state index contributed by atoms with van der Waals surface area (Å²) in [5.74, 6) is 0.519. The molecule has 0 spiro atoms. The highest BCUT2D eigenvalue weighted by Gasteiger charge is 2.37. The van der Waals surface area contributed by atoms with Crippen LogP contribution in [0.15, 0.2) is 53.4 Å². The van der Waals surface area contributed by atoms with E-state index in [-0.39, 0.29) is 18.4 Å². The molecule has 2 amide bonds. The molecular formula is C24H26N4O4S2. The van der Waals surface area contributed by atoms with Crippen molar-refractivity contribution in [1.82, 2.24) is 14.9 Å². The van der Waals surface area contributed by atoms with Crippen LogP contribution in [0.25, 0.3) is 6.08 Å². The van der Waals surface area contributed by atoms with E-state index in [2.05, 4.69) is 17.3 Å². The standard InChI is InChI=1S/C24H26N4O4S2/c1-26-10-12-27(13-11-26)28-23(30)21(34-24(28)33)15-17-8-9-19(20(14-17)31-2)32-16-22(29)25-18-6-4-3-5-7-18/h3-9,14-15H,10-13,16H2,1-2H3,(H,25,29)/b21-15-. The molecule has 0 unspecified atom stereocenters. The molecule has 0 saturated carbocycles. The zero-order valence-corrected chi connectivity index (χ0v) is 20.7. The van der Waals surface area contributed by atoms with Crippen LogP contribution in [0, 0.1) is 0 Å². The van der Waals surface area contributed by atoms with Crippen LogP contribution in [0.1, 0.15) is 5.56 Å². The van der Waals surface area contributed by atoms with Crippen LogP contribution in [0.5, 0.6) is 11.5 Å². The number of ether oxygens (including phenoxy) is 2. The van der Waals surface area contributed by atoms with Crippen LogP contribution in [-0.2, 0) is 9.59 Å². The first-order chi connectivity index (χ1) is 16.4. The van der Waals surface area contributed by atoms with E-state index in [1.807, 2.05) is 29.3 Å². The monoisotopic (exact) mass is 498 g/mol. The van der Waals surface area contributed by atoms with Gasteiger partial charge in [0.25, 0.3) is 11.8 Å². The SMILES string of the molecule is COc1cc(/C=C2\SC(=S)N(N3CCN(C)CC3)C2=O)ccc1OCC(=O)Nc1ccccc1. The number of nitrogens with one attached hydrogen (secondary N) is 1. The second kappa shape index (κ2) is 11.0. The van der Waals surface area contributed by atoms with E-state index in [1.54, 1.807) is 35.4 Å². The van der Waals surface area contributed by atoms with Gasteiger partial charge in [-0.2, -0.15) is 0 Å². The van der Waals surface area contributed by atoms with E-state index in [9.17, 15) is 9.59 Å². The van der Waals surface area contributed by atoms with Gasteiger partial charge in [0.15, 0.2) is 22.4 Å². The molecule has 2 aliphatic heterocycles. The molecular weight excluding hydrogens is 472 g/mol. The van der Waals surface area contributed by atoms with Crippen molar-refractivity contribution >= 4 is 51.9 Å². The summed E-state index contributed by atoms with van der Waals surface area (Å²) >= 11 is 6.78. The molecule has 2 aliphatic rings. The number of carbonyl (C=O) groups excluding carboxylic acids is 2. The van der Waals surface area contributed by atoms with Crippen molar-refractivity contribution in [3.63, 3.8) is 0 Å². The molecule has 178 valence electrons. The lowest BCUT2D eigenvalue weighted by atomic mass is 10.2. The Labute approximate surface area is 208 Å². The van der Waals surface area contributed by atoms with E-state index in [0.29, 0.717) is 26.4 Å². The van der Waals surface area contributed by atoms with Gasteiger partial charge in [-0.15, -0.1) is 0 Å². The number of benzene rings is 2. The first kappa shape index (κ1) is 24.2. The molecule has 10 heteroatoms. The van der Waals surface area contributed by atoms with Crippen LogP contribution in [0.2, 0.25) is 0 Å². The average molecular weight is 499 g/mol. The summed E-state index contributed by atoms with van der Waals surface area (Å²) in [4.78, 5) is 28.0. The summed E-state index contributed by atoms with van der Waals surface area (Å²) in [5, 5.41) is 6.39. The second-order valence-corrected chi connectivity index (χ2v) is 9.54. The van der Waals surface area contributed by atoms with E-state index in [0.717, 1.165) is 31.7 Å². The van der Waals surface area contributed by atoms with Gasteiger partial charge in [-0.1, -0.05) is 48.2 Å². The zero-order chi connectivity index (χ0) is 24.1. The fourth-order valence-corrected chi connectivity index (χ4v) is 4.92. The Morgan fingerprint density at radius 1 is 1.12 bits per heavy atom. The Balaban J connectivity index is 1.41. The number of piperazine rings is 1. The maximum absolute atomic E-state index is 13.0. The fraction of sp³-hybridized carbons (Fsp3) is 0.292. The largest absolute Gasteiger partial charge is 0.493 e. The van der Waals surface area contributed by atoms with Crippen LogP contribution in [0.4, 0.5) is 5.69 Å². The molecule has 34 heavy (non-hydrogen) atoms. The number of nitrogens with zero attached hydrogens (tertiary/aromatic N) is 3. The Bertz CT molecular complexity index is 1100. The third-order valence-electron chi connectivity index (χ3n) is 5.44. The fourth-order valence-electron chi connectivity index (χ4n) is 3.61. The number of thiocarbonyl (C=S) groups is 1. The average Bonchev–Trinajstić information content (AvgIpc) is 3.12. The van der Waals surface area contributed by atoms with E-state index in [1.165, 1.54) is 18.9 Å². The first-order valence-electron chi connectivity index (χ1n) is 10.8. The number of amides is 2. The minimum atomic E-state index is -0.273. The molecule has 1 N–H and O–H groups in total. The Kier molecular flexibility index (Phi) is 7.84. The number of hydrogen-bond acceptors (Lipinski definition) is 8. The van der Waals surface area contributed by atoms with Crippen LogP contribution >= 0.6 is 24.0 Å². The first-order valence-corrected chi connectivity index (χ1v) is 12.0. The molecule has 0 radical (unpaired) electrons. The maximum atomic E-state index is 13.0. The van der Waals surface area contributed by atoms with E-state index in [4.69, 9.17) is 21.7 Å². The van der Waals surface area contributed by atoms with Crippen molar-refractivity contribution in [3.05, 3.63) is 59.0 Å². The molecule has 4 rings (SSSR count). The summed E-state index contributed by atoms with van der Waals surface area (Å²) in [5.41, 5.74) is 1.48. The van der Waals surface area contributed by atoms with Gasteiger partial charge in [0.2, 0.25) is 0 Å². The molecule has 2 aromatic carbocycles. The zero-order valence-electron chi connectivity index (χ0n) is 19.0. The van der Waals surface area contributed by atoms with Gasteiger partial charge >= 0.3 is 0 Å². The van der Waals surface area contributed by atoms with Gasteiger partial charge in [-0.25, -0.2) is 10.0 Å². The van der Waals surface area contributed by atoms with Crippen LogP contribution < -0.4 is 14.8 Å². The quantitative estimate of drug-likeness (QED) is 0.461. The molecule has 0 aliphatic carbocycles. The van der Waals surface area contributed by atoms with Gasteiger partial charge < -0.3 is 19.7 Å². The minimum absolute atomic E-state index is 0.114. The highest BCUT2D eigenvalue weighted by Crippen LogP contribution is 2.35. The molecule has 0 bridgehead atoms. The highest BCUT2D eigenvalue weighted by molar-refractivity contribution is 8.26. The third-order valence-corrected chi connectivity index (χ3v) is 6.72. The van der Waals surface area contributed by atoms with Gasteiger partial charge in [0.1, 0.15) is 0 Å². The van der Waals surface area contributed by atoms with Crippen molar-refractivity contribution in [3.8, 4) is 11.5 Å². The Morgan fingerprint density at radius 3 is 2.56 bits per heavy atom. The number of para-hydroxylation sites is 1. The topological polar surface area (TPSA) is 74.3 Å². The van der Waals surface area contributed by atoms with Crippen molar-refractivity contribution in [1.29, 1.82) is 0 Å². The van der Waals surface area contributed by atoms with E-state index >= 15 is 0 Å². The molecule has 0 atom stereocenters. The van der Waals surface area contributed by atoms with Crippen molar-refractivity contribution < 1.29 is 19.1 Å². The number of hydrazine groups is 1. The predicted molar refractivity (Wildman–Crippen MR) is 138 cm³/mol. The van der Waals surface area contributed by atoms with Crippen LogP contribution in [-0.4, -0.2) is 78.0 Å². The Morgan fingerprint density at radius 2 is 1.85 bits per heavy atom. The van der Waals surface area contributed by atoms with Gasteiger partial charge in [-0.05, 0) is 43.0 Å². The predicted octanol–water partition coefficient (Wildman–Crippen LogP) is 3.08. The highest BCUT2D eigenvalue weighted by atomic mass is 32.2. The molecule has 2 saturated heterocycles. The lowest BCUT2D eigenvalue weighted by Gasteiger charge is -2.37. The van der Waals surface area contributed by atoms with E-state index < -0.39 is 0 Å². The molecule has 2 fully saturated rings. The molecule has 2 aromatic rings. The maximum Gasteiger partial charge on any atom is 0.280 e. The summed E-state index contributed by atoms with van der Waals surface area (Å²) in [6, 6.07) is 14.5. The summed E-state index contributed by atoms with van der Waals surface area (Å²) in [7, 11) is 3.60. The van der Waals surface area contributed by atoms with Crippen molar-refractivity contribution in [2.75, 3.05) is 52.3 Å². The lowest BCUT2D eigenvalue weighted by molar-refractivity contribution is -0.135. The number of rotatable bonds is 7. The number of thioether (sulfide) groups is 1. The van der Waals surface area contributed by atoms with Crippen LogP contribution in [0.3, 0.4) is 0 Å². The lowest BCUT2D eigenvalue weighted by Crippen LogP contribution is -2.54. The number of carbonyl (C=O) groups is 2. The normalized spacial score (nSPS) is 18.4. The molecule has 0 aromatic heterocycles. The number of anilines is 1. The number of hydrogen-bond donors (Lipinski definition) is 1. The second-order valence-electron chi connectivity index (χ2n) is 7.86.